The van der Waals surface area contributed by atoms with Crippen molar-refractivity contribution in [2.45, 2.75) is 31.1 Å². The Morgan fingerprint density at radius 2 is 1.81 bits per heavy atom. The van der Waals surface area contributed by atoms with Crippen molar-refractivity contribution >= 4 is 27.3 Å². The lowest BCUT2D eigenvalue weighted by molar-refractivity contribution is 0.102. The molecule has 3 N–H and O–H groups in total. The van der Waals surface area contributed by atoms with Crippen LogP contribution < -0.4 is 10.6 Å². The van der Waals surface area contributed by atoms with Crippen LogP contribution in [0.1, 0.15) is 36.8 Å². The predicted molar refractivity (Wildman–Crippen MR) is 105 cm³/mol. The molecule has 1 aliphatic heterocycles. The molecule has 12 heteroatoms. The van der Waals surface area contributed by atoms with Gasteiger partial charge in [0.1, 0.15) is 22.1 Å². The van der Waals surface area contributed by atoms with E-state index >= 15 is 4.39 Å². The van der Waals surface area contributed by atoms with Crippen LogP contribution in [0.3, 0.4) is 0 Å². The number of carbonyl (C=O) groups is 1. The molecule has 166 valence electrons. The number of anilines is 1. The fourth-order valence-corrected chi connectivity index (χ4v) is 4.89. The number of sulfone groups is 1. The first-order valence-corrected chi connectivity index (χ1v) is 10.6. The number of amides is 1. The normalized spacial score (nSPS) is 22.0. The number of halogens is 4. The van der Waals surface area contributed by atoms with Crippen molar-refractivity contribution < 1.29 is 30.8 Å². The highest BCUT2D eigenvalue weighted by atomic mass is 32.2. The number of nitrogens with zero attached hydrogens (tertiary/aromatic N) is 1. The number of nitrogens with one attached hydrogen (secondary N) is 3. The van der Waals surface area contributed by atoms with Gasteiger partial charge in [-0.2, -0.15) is 0 Å². The summed E-state index contributed by atoms with van der Waals surface area (Å²) in [6, 6.07) is 2.33. The lowest BCUT2D eigenvalue weighted by Crippen LogP contribution is -2.64. The second kappa shape index (κ2) is 7.29. The van der Waals surface area contributed by atoms with E-state index in [0.717, 1.165) is 25.3 Å². The molecule has 1 saturated heterocycles. The second-order valence-electron chi connectivity index (χ2n) is 7.83. The first kappa shape index (κ1) is 22.7. The van der Waals surface area contributed by atoms with Crippen LogP contribution in [-0.2, 0) is 15.4 Å². The number of benzene rings is 1. The number of hydrogen-bond donors (Lipinski definition) is 3. The Morgan fingerprint density at radius 3 is 2.35 bits per heavy atom. The standard InChI is InChI=1S/C19H18F4N4O3S/c1-18(2)17(24)27-19(3,8-31(18,29)30)13-14(22)10(21)6-12(15(13)23)26-16(28)11-5-4-9(20)7-25-11/h4-7H,8H2,1-3H3,(H2,24,27)(H,26,28)/t19-/m0/s1. The van der Waals surface area contributed by atoms with Crippen LogP contribution in [0.5, 0.6) is 0 Å². The number of aromatic nitrogens is 1. The summed E-state index contributed by atoms with van der Waals surface area (Å²) in [5.74, 6) is -7.74. The largest absolute Gasteiger partial charge is 0.362 e. The van der Waals surface area contributed by atoms with Crippen LogP contribution in [-0.4, -0.2) is 35.6 Å². The van der Waals surface area contributed by atoms with Gasteiger partial charge in [-0.1, -0.05) is 0 Å². The smallest absolute Gasteiger partial charge is 0.274 e. The Kier molecular flexibility index (Phi) is 5.33. The first-order chi connectivity index (χ1) is 14.2. The van der Waals surface area contributed by atoms with Gasteiger partial charge in [-0.15, -0.1) is 0 Å². The molecule has 1 aliphatic rings. The van der Waals surface area contributed by atoms with Crippen LogP contribution >= 0.6 is 0 Å². The highest BCUT2D eigenvalue weighted by molar-refractivity contribution is 7.93. The minimum absolute atomic E-state index is 0.319. The Hall–Kier alpha value is -3.02. The SMILES string of the molecule is CC1(C)C(=N)N[C@](C)(c2c(F)c(F)cc(NC(=O)c3ccc(F)cn3)c2F)CS1(=O)=O. The zero-order valence-electron chi connectivity index (χ0n) is 16.6. The zero-order chi connectivity index (χ0) is 23.4. The minimum Gasteiger partial charge on any atom is -0.362 e. The monoisotopic (exact) mass is 458 g/mol. The van der Waals surface area contributed by atoms with E-state index in [0.29, 0.717) is 6.07 Å². The molecule has 1 fully saturated rings. The van der Waals surface area contributed by atoms with Crippen LogP contribution in [0.15, 0.2) is 24.4 Å². The van der Waals surface area contributed by atoms with Gasteiger partial charge in [0.15, 0.2) is 27.3 Å². The molecule has 1 amide bonds. The summed E-state index contributed by atoms with van der Waals surface area (Å²) in [5.41, 5.74) is -4.12. The molecule has 1 atom stereocenters. The van der Waals surface area contributed by atoms with E-state index in [1.165, 1.54) is 13.8 Å². The van der Waals surface area contributed by atoms with Gasteiger partial charge in [0.05, 0.1) is 28.7 Å². The predicted octanol–water partition coefficient (Wildman–Crippen LogP) is 2.88. The molecule has 0 bridgehead atoms. The molecule has 0 spiro atoms. The quantitative estimate of drug-likeness (QED) is 0.484. The van der Waals surface area contributed by atoms with E-state index in [4.69, 9.17) is 5.41 Å². The highest BCUT2D eigenvalue weighted by Gasteiger charge is 2.52. The molecule has 1 aromatic carbocycles. The number of carbonyl (C=O) groups excluding carboxylic acids is 1. The van der Waals surface area contributed by atoms with Crippen LogP contribution in [0, 0.1) is 28.7 Å². The Labute approximate surface area is 175 Å². The summed E-state index contributed by atoms with van der Waals surface area (Å²) in [4.78, 5) is 15.8. The molecule has 0 unspecified atom stereocenters. The summed E-state index contributed by atoms with van der Waals surface area (Å²) < 4.78 is 80.9. The van der Waals surface area contributed by atoms with E-state index in [1.54, 1.807) is 0 Å². The van der Waals surface area contributed by atoms with Crippen molar-refractivity contribution in [2.75, 3.05) is 11.1 Å². The van der Waals surface area contributed by atoms with E-state index in [1.807, 2.05) is 5.32 Å². The number of pyridine rings is 1. The third kappa shape index (κ3) is 3.75. The molecule has 7 nitrogen and oxygen atoms in total. The van der Waals surface area contributed by atoms with Gasteiger partial charge in [0.2, 0.25) is 0 Å². The summed E-state index contributed by atoms with van der Waals surface area (Å²) in [7, 11) is -4.07. The van der Waals surface area contributed by atoms with Crippen molar-refractivity contribution in [2.24, 2.45) is 0 Å². The van der Waals surface area contributed by atoms with E-state index in [2.05, 4.69) is 10.3 Å². The first-order valence-electron chi connectivity index (χ1n) is 8.90. The van der Waals surface area contributed by atoms with Gasteiger partial charge >= 0.3 is 0 Å². The maximum absolute atomic E-state index is 15.2. The molecule has 3 rings (SSSR count). The minimum atomic E-state index is -4.07. The Balaban J connectivity index is 2.08. The molecule has 2 heterocycles. The van der Waals surface area contributed by atoms with E-state index in [-0.39, 0.29) is 5.69 Å². The second-order valence-corrected chi connectivity index (χ2v) is 10.4. The molecular weight excluding hydrogens is 440 g/mol. The van der Waals surface area contributed by atoms with Crippen molar-refractivity contribution in [3.05, 3.63) is 58.9 Å². The zero-order valence-corrected chi connectivity index (χ0v) is 17.4. The van der Waals surface area contributed by atoms with Gasteiger partial charge < -0.3 is 10.6 Å². The fraction of sp³-hybridized carbons (Fsp3) is 0.316. The van der Waals surface area contributed by atoms with Gasteiger partial charge in [0, 0.05) is 6.07 Å². The summed E-state index contributed by atoms with van der Waals surface area (Å²) >= 11 is 0. The van der Waals surface area contributed by atoms with E-state index < -0.39 is 72.1 Å². The van der Waals surface area contributed by atoms with Crippen molar-refractivity contribution in [1.29, 1.82) is 5.41 Å². The van der Waals surface area contributed by atoms with Crippen molar-refractivity contribution in [3.63, 3.8) is 0 Å². The highest BCUT2D eigenvalue weighted by Crippen LogP contribution is 2.38. The van der Waals surface area contributed by atoms with Crippen molar-refractivity contribution in [1.82, 2.24) is 10.3 Å². The summed E-state index contributed by atoms with van der Waals surface area (Å²) in [6.45, 7) is 3.64. The number of hydrogen-bond acceptors (Lipinski definition) is 5. The summed E-state index contributed by atoms with van der Waals surface area (Å²) in [5, 5.41) is 12.5. The number of amidine groups is 1. The topological polar surface area (TPSA) is 112 Å². The molecule has 2 aromatic rings. The molecule has 0 saturated carbocycles. The molecule has 0 aliphatic carbocycles. The third-order valence-electron chi connectivity index (χ3n) is 5.18. The molecular formula is C19H18F4N4O3S. The average Bonchev–Trinajstić information content (AvgIpc) is 2.64. The van der Waals surface area contributed by atoms with Crippen LogP contribution in [0.4, 0.5) is 23.2 Å². The lowest BCUT2D eigenvalue weighted by Gasteiger charge is -2.43. The van der Waals surface area contributed by atoms with Gasteiger partial charge in [-0.05, 0) is 32.9 Å². The molecule has 0 radical (unpaired) electrons. The van der Waals surface area contributed by atoms with Crippen LogP contribution in [0.25, 0.3) is 0 Å². The maximum Gasteiger partial charge on any atom is 0.274 e. The number of rotatable bonds is 3. The lowest BCUT2D eigenvalue weighted by atomic mass is 9.90. The van der Waals surface area contributed by atoms with Crippen molar-refractivity contribution in [3.8, 4) is 0 Å². The fourth-order valence-electron chi connectivity index (χ4n) is 3.19. The summed E-state index contributed by atoms with van der Waals surface area (Å²) in [6.07, 6.45) is 0.743. The average molecular weight is 458 g/mol. The third-order valence-corrected chi connectivity index (χ3v) is 7.89. The van der Waals surface area contributed by atoms with E-state index in [9.17, 15) is 26.4 Å². The van der Waals surface area contributed by atoms with Gasteiger partial charge in [-0.3, -0.25) is 10.2 Å². The maximum atomic E-state index is 15.2. The molecule has 1 aromatic heterocycles. The Bertz CT molecular complexity index is 1200. The molecule has 31 heavy (non-hydrogen) atoms. The Morgan fingerprint density at radius 1 is 1.16 bits per heavy atom. The van der Waals surface area contributed by atoms with Gasteiger partial charge in [0.25, 0.3) is 5.91 Å². The van der Waals surface area contributed by atoms with Gasteiger partial charge in [-0.25, -0.2) is 31.0 Å². The van der Waals surface area contributed by atoms with Crippen LogP contribution in [0.2, 0.25) is 0 Å².